The van der Waals surface area contributed by atoms with Crippen LogP contribution in [0.25, 0.3) is 56.2 Å². The summed E-state index contributed by atoms with van der Waals surface area (Å²) in [5, 5.41) is 0. The predicted octanol–water partition coefficient (Wildman–Crippen LogP) is 21.8. The molecule has 0 saturated carbocycles. The molecule has 1 aliphatic carbocycles. The number of oxazole rings is 2. The Morgan fingerprint density at radius 1 is 0.318 bits per heavy atom. The Balaban J connectivity index is 1.21. The van der Waals surface area contributed by atoms with Gasteiger partial charge in [-0.15, -0.1) is 0 Å². The molecule has 10 aromatic carbocycles. The van der Waals surface area contributed by atoms with Crippen LogP contribution in [0.15, 0.2) is 239 Å². The Kier molecular flexibility index (Phi) is 13.3. The van der Waals surface area contributed by atoms with Crippen LogP contribution in [0, 0.1) is 0 Å². The lowest BCUT2D eigenvalue weighted by atomic mass is 9.67. The minimum absolute atomic E-state index is 0.0569. The van der Waals surface area contributed by atoms with E-state index >= 15 is 0 Å². The molecule has 2 heterocycles. The summed E-state index contributed by atoms with van der Waals surface area (Å²) < 4.78 is 15.1. The first-order chi connectivity index (χ1) is 40.7. The maximum absolute atomic E-state index is 7.53. The SMILES string of the molecule is CC(C)(C)c1ccc(N(c2ccc(C(C)(C)C)cc2)c2cc3c(c4oc(-c5ccccc5)nc24)-c2c(cc(N(c4ccc(C(C)(C)C)cc4)c4ccc(C(C)(C)C)cc4)c4nc(-c5ccccc5)oc24)C3(c2ccccc2)c2ccccc2)cc1. The highest BCUT2D eigenvalue weighted by Crippen LogP contribution is 2.63. The number of benzene rings is 10. The summed E-state index contributed by atoms with van der Waals surface area (Å²) in [6.07, 6.45) is 0. The number of rotatable bonds is 10. The molecular formula is C79H74N4O2. The fraction of sp³-hybridized carbons (Fsp3) is 0.215. The van der Waals surface area contributed by atoms with E-state index in [0.717, 1.165) is 89.7 Å². The normalized spacial score (nSPS) is 13.3. The van der Waals surface area contributed by atoms with Gasteiger partial charge in [0.05, 0.1) is 16.8 Å². The minimum atomic E-state index is -0.978. The molecule has 422 valence electrons. The average Bonchev–Trinajstić information content (AvgIpc) is 1.54. The molecule has 1 aliphatic rings. The van der Waals surface area contributed by atoms with Gasteiger partial charge in [0.25, 0.3) is 0 Å². The van der Waals surface area contributed by atoms with Gasteiger partial charge in [0.1, 0.15) is 11.0 Å². The van der Waals surface area contributed by atoms with Crippen molar-refractivity contribution < 1.29 is 8.83 Å². The van der Waals surface area contributed by atoms with E-state index in [1.807, 2.05) is 36.4 Å². The third-order valence-electron chi connectivity index (χ3n) is 17.3. The van der Waals surface area contributed by atoms with Crippen molar-refractivity contribution in [1.29, 1.82) is 0 Å². The maximum Gasteiger partial charge on any atom is 0.227 e. The lowest BCUT2D eigenvalue weighted by molar-refractivity contribution is 0.590. The second-order valence-corrected chi connectivity index (χ2v) is 27.1. The van der Waals surface area contributed by atoms with Crippen LogP contribution in [0.4, 0.5) is 34.1 Å². The Hall–Kier alpha value is -9.26. The molecule has 0 radical (unpaired) electrons. The first-order valence-corrected chi connectivity index (χ1v) is 29.9. The van der Waals surface area contributed by atoms with Gasteiger partial charge in [0.15, 0.2) is 11.2 Å². The third-order valence-corrected chi connectivity index (χ3v) is 17.3. The summed E-state index contributed by atoms with van der Waals surface area (Å²) in [5.74, 6) is 1.04. The van der Waals surface area contributed by atoms with E-state index in [0.29, 0.717) is 22.9 Å². The largest absolute Gasteiger partial charge is 0.435 e. The number of aromatic nitrogens is 2. The molecule has 12 aromatic rings. The first kappa shape index (κ1) is 55.0. The van der Waals surface area contributed by atoms with Crippen molar-refractivity contribution in [3.8, 4) is 34.0 Å². The number of nitrogens with zero attached hydrogens (tertiary/aromatic N) is 4. The summed E-state index contributed by atoms with van der Waals surface area (Å²) in [4.78, 5) is 16.1. The van der Waals surface area contributed by atoms with E-state index in [1.165, 1.54) is 22.3 Å². The molecule has 0 aliphatic heterocycles. The Morgan fingerprint density at radius 2 is 0.576 bits per heavy atom. The van der Waals surface area contributed by atoms with Crippen LogP contribution in [-0.2, 0) is 27.1 Å². The van der Waals surface area contributed by atoms with Crippen LogP contribution in [-0.4, -0.2) is 9.97 Å². The molecular weight excluding hydrogens is 1040 g/mol. The van der Waals surface area contributed by atoms with E-state index in [-0.39, 0.29) is 21.7 Å². The number of anilines is 6. The number of hydrogen-bond acceptors (Lipinski definition) is 6. The van der Waals surface area contributed by atoms with Gasteiger partial charge in [-0.05, 0) is 151 Å². The molecule has 6 heteroatoms. The summed E-state index contributed by atoms with van der Waals surface area (Å²) in [7, 11) is 0. The lowest BCUT2D eigenvalue weighted by Gasteiger charge is -2.36. The van der Waals surface area contributed by atoms with Crippen molar-refractivity contribution in [3.05, 3.63) is 275 Å². The van der Waals surface area contributed by atoms with Crippen LogP contribution in [0.3, 0.4) is 0 Å². The number of fused-ring (bicyclic) bond motifs is 7. The Bertz CT molecular complexity index is 3980. The molecule has 2 aromatic heterocycles. The van der Waals surface area contributed by atoms with E-state index < -0.39 is 5.41 Å². The molecule has 85 heavy (non-hydrogen) atoms. The smallest absolute Gasteiger partial charge is 0.227 e. The van der Waals surface area contributed by atoms with Gasteiger partial charge in [0.2, 0.25) is 11.8 Å². The van der Waals surface area contributed by atoms with Crippen LogP contribution in [0.1, 0.15) is 128 Å². The number of hydrogen-bond donors (Lipinski definition) is 0. The van der Waals surface area contributed by atoms with Gasteiger partial charge in [-0.1, -0.05) is 229 Å². The van der Waals surface area contributed by atoms with Gasteiger partial charge >= 0.3 is 0 Å². The zero-order valence-electron chi connectivity index (χ0n) is 51.0. The van der Waals surface area contributed by atoms with Gasteiger partial charge in [-0.25, -0.2) is 9.97 Å². The summed E-state index contributed by atoms with van der Waals surface area (Å²) in [6.45, 7) is 27.2. The van der Waals surface area contributed by atoms with Crippen LogP contribution in [0.5, 0.6) is 0 Å². The molecule has 0 amide bonds. The quantitative estimate of drug-likeness (QED) is 0.136. The van der Waals surface area contributed by atoms with Crippen molar-refractivity contribution >= 4 is 56.3 Å². The highest BCUT2D eigenvalue weighted by molar-refractivity contribution is 6.15. The second-order valence-electron chi connectivity index (χ2n) is 27.1. The van der Waals surface area contributed by atoms with Crippen molar-refractivity contribution in [1.82, 2.24) is 9.97 Å². The summed E-state index contributed by atoms with van der Waals surface area (Å²) >= 11 is 0. The van der Waals surface area contributed by atoms with E-state index in [2.05, 4.69) is 287 Å². The molecule has 0 spiro atoms. The monoisotopic (exact) mass is 1110 g/mol. The highest BCUT2D eigenvalue weighted by atomic mass is 16.4. The Morgan fingerprint density at radius 3 is 0.835 bits per heavy atom. The average molecular weight is 1110 g/mol. The van der Waals surface area contributed by atoms with Crippen LogP contribution in [0.2, 0.25) is 0 Å². The van der Waals surface area contributed by atoms with Crippen molar-refractivity contribution in [2.75, 3.05) is 9.80 Å². The standard InChI is InChI=1S/C79H74N4O2/c1-75(2,3)53-33-41-59(42-34-53)82(60-43-35-54(36-44-60)76(4,5)6)65-49-63-67(71-69(65)80-73(84-71)51-25-17-13-18-26-51)68-64(79(63,57-29-21-15-22-30-57)58-31-23-16-24-32-58)50-66(70-72(68)85-74(81-70)52-27-19-14-20-28-52)83(61-45-37-55(38-46-61)77(7,8)9)62-47-39-56(40-48-62)78(10,11)12/h13-50H,1-12H3. The van der Waals surface area contributed by atoms with Gasteiger partial charge in [-0.3, -0.25) is 0 Å². The van der Waals surface area contributed by atoms with Crippen LogP contribution >= 0.6 is 0 Å². The molecule has 0 bridgehead atoms. The molecule has 0 N–H and O–H groups in total. The van der Waals surface area contributed by atoms with E-state index in [9.17, 15) is 0 Å². The highest BCUT2D eigenvalue weighted by Gasteiger charge is 2.51. The Labute approximate surface area is 501 Å². The van der Waals surface area contributed by atoms with Crippen molar-refractivity contribution in [3.63, 3.8) is 0 Å². The van der Waals surface area contributed by atoms with Crippen molar-refractivity contribution in [2.24, 2.45) is 0 Å². The van der Waals surface area contributed by atoms with Crippen molar-refractivity contribution in [2.45, 2.75) is 110 Å². The topological polar surface area (TPSA) is 58.5 Å². The lowest BCUT2D eigenvalue weighted by Crippen LogP contribution is -2.29. The van der Waals surface area contributed by atoms with Gasteiger partial charge in [-0.2, -0.15) is 0 Å². The maximum atomic E-state index is 7.53. The first-order valence-electron chi connectivity index (χ1n) is 29.9. The molecule has 6 nitrogen and oxygen atoms in total. The molecule has 0 saturated heterocycles. The predicted molar refractivity (Wildman–Crippen MR) is 354 cm³/mol. The van der Waals surface area contributed by atoms with E-state index in [1.54, 1.807) is 0 Å². The second kappa shape index (κ2) is 20.5. The van der Waals surface area contributed by atoms with E-state index in [4.69, 9.17) is 18.8 Å². The van der Waals surface area contributed by atoms with Gasteiger partial charge in [0, 0.05) is 45.0 Å². The molecule has 0 atom stereocenters. The summed E-state index contributed by atoms with van der Waals surface area (Å²) in [5.41, 5.74) is 20.1. The minimum Gasteiger partial charge on any atom is -0.435 e. The fourth-order valence-corrected chi connectivity index (χ4v) is 12.6. The molecule has 0 fully saturated rings. The molecule has 13 rings (SSSR count). The van der Waals surface area contributed by atoms with Crippen LogP contribution < -0.4 is 9.80 Å². The zero-order valence-corrected chi connectivity index (χ0v) is 51.0. The zero-order chi connectivity index (χ0) is 59.2. The van der Waals surface area contributed by atoms with Gasteiger partial charge < -0.3 is 18.6 Å². The summed E-state index contributed by atoms with van der Waals surface area (Å²) in [6, 6.07) is 83.7. The fourth-order valence-electron chi connectivity index (χ4n) is 12.6. The molecule has 0 unspecified atom stereocenters. The third kappa shape index (κ3) is 9.62.